The predicted molar refractivity (Wildman–Crippen MR) is 169 cm³/mol. The molecule has 2 aromatic carbocycles. The lowest BCUT2D eigenvalue weighted by atomic mass is 10.1. The van der Waals surface area contributed by atoms with Crippen molar-refractivity contribution in [3.8, 4) is 0 Å². The van der Waals surface area contributed by atoms with E-state index in [1.165, 1.54) is 12.1 Å². The lowest BCUT2D eigenvalue weighted by molar-refractivity contribution is 0.177. The van der Waals surface area contributed by atoms with Gasteiger partial charge in [0.1, 0.15) is 11.6 Å². The molecule has 2 aliphatic rings. The van der Waals surface area contributed by atoms with E-state index >= 15 is 0 Å². The quantitative estimate of drug-likeness (QED) is 0.179. The fourth-order valence-corrected chi connectivity index (χ4v) is 7.32. The van der Waals surface area contributed by atoms with Gasteiger partial charge in [0, 0.05) is 35.0 Å². The standard InChI is InChI=1S/2C15H13BrFN3O2/c2*16-10-4-9-12(5-11(10)17)18-6-13-14(9)20(15(22)19-13)7-1-2-8(21)3-7/h2*4-8,21H,1-3H2,(H,19,22)/t2*7-,8+/m10/s1. The summed E-state index contributed by atoms with van der Waals surface area (Å²) in [5, 5.41) is 20.9. The molecule has 4 atom stereocenters. The van der Waals surface area contributed by atoms with Crippen LogP contribution in [0.25, 0.3) is 43.9 Å². The van der Waals surface area contributed by atoms with Crippen LogP contribution in [0.3, 0.4) is 0 Å². The van der Waals surface area contributed by atoms with Gasteiger partial charge in [-0.15, -0.1) is 0 Å². The van der Waals surface area contributed by atoms with E-state index in [2.05, 4.69) is 51.8 Å². The average molecular weight is 732 g/mol. The molecular formula is C30H26Br2F2N6O4. The molecule has 0 bridgehead atoms. The highest BCUT2D eigenvalue weighted by atomic mass is 79.9. The van der Waals surface area contributed by atoms with Gasteiger partial charge in [0.15, 0.2) is 0 Å². The summed E-state index contributed by atoms with van der Waals surface area (Å²) in [5.74, 6) is -0.778. The van der Waals surface area contributed by atoms with Gasteiger partial charge in [-0.2, -0.15) is 0 Å². The van der Waals surface area contributed by atoms with Gasteiger partial charge in [0.05, 0.1) is 66.6 Å². The molecule has 0 radical (unpaired) electrons. The Morgan fingerprint density at radius 1 is 0.705 bits per heavy atom. The Morgan fingerprint density at radius 2 is 1.11 bits per heavy atom. The summed E-state index contributed by atoms with van der Waals surface area (Å²) >= 11 is 6.37. The average Bonchev–Trinajstić information content (AvgIpc) is 3.75. The number of pyridine rings is 2. The minimum atomic E-state index is -0.389. The van der Waals surface area contributed by atoms with Crippen molar-refractivity contribution in [2.24, 2.45) is 0 Å². The van der Waals surface area contributed by atoms with Crippen LogP contribution < -0.4 is 11.4 Å². The summed E-state index contributed by atoms with van der Waals surface area (Å²) in [7, 11) is 0. The van der Waals surface area contributed by atoms with Gasteiger partial charge in [0.2, 0.25) is 0 Å². The van der Waals surface area contributed by atoms with Crippen LogP contribution in [-0.4, -0.2) is 51.5 Å². The number of nitrogens with zero attached hydrogens (tertiary/aromatic N) is 4. The molecule has 4 heterocycles. The van der Waals surface area contributed by atoms with Crippen molar-refractivity contribution in [1.82, 2.24) is 29.1 Å². The highest BCUT2D eigenvalue weighted by molar-refractivity contribution is 9.10. The minimum absolute atomic E-state index is 0.0503. The Kier molecular flexibility index (Phi) is 7.42. The maximum absolute atomic E-state index is 13.7. The first-order valence-corrected chi connectivity index (χ1v) is 15.8. The Bertz CT molecular complexity index is 2050. The van der Waals surface area contributed by atoms with Crippen LogP contribution in [0, 0.1) is 11.6 Å². The number of aromatic amines is 2. The van der Waals surface area contributed by atoms with Crippen LogP contribution >= 0.6 is 31.9 Å². The lowest BCUT2D eigenvalue weighted by Gasteiger charge is -2.13. The normalized spacial score (nSPS) is 22.0. The van der Waals surface area contributed by atoms with E-state index in [4.69, 9.17) is 0 Å². The van der Waals surface area contributed by atoms with Crippen LogP contribution in [0.2, 0.25) is 0 Å². The number of aromatic nitrogens is 6. The third-order valence-corrected chi connectivity index (χ3v) is 9.87. The zero-order valence-corrected chi connectivity index (χ0v) is 26.2. The molecule has 0 amide bonds. The van der Waals surface area contributed by atoms with Gasteiger partial charge in [-0.05, 0) is 82.5 Å². The summed E-state index contributed by atoms with van der Waals surface area (Å²) in [5.41, 5.74) is 3.24. The second-order valence-corrected chi connectivity index (χ2v) is 13.2. The molecule has 2 saturated carbocycles. The predicted octanol–water partition coefficient (Wildman–Crippen LogP) is 5.73. The smallest absolute Gasteiger partial charge is 0.326 e. The second-order valence-electron chi connectivity index (χ2n) is 11.4. The number of halogens is 4. The van der Waals surface area contributed by atoms with Crippen molar-refractivity contribution in [2.75, 3.05) is 0 Å². The molecule has 6 aromatic rings. The largest absolute Gasteiger partial charge is 0.393 e. The van der Waals surface area contributed by atoms with E-state index in [1.807, 2.05) is 0 Å². The van der Waals surface area contributed by atoms with Crippen molar-refractivity contribution in [3.05, 3.63) is 78.2 Å². The number of benzene rings is 2. The van der Waals surface area contributed by atoms with Gasteiger partial charge in [-0.25, -0.2) is 18.4 Å². The maximum Gasteiger partial charge on any atom is 0.326 e. The Morgan fingerprint density at radius 3 is 1.48 bits per heavy atom. The topological polar surface area (TPSA) is 142 Å². The molecule has 0 aliphatic heterocycles. The number of H-pyrrole nitrogens is 2. The van der Waals surface area contributed by atoms with Crippen LogP contribution in [0.1, 0.15) is 50.6 Å². The molecule has 8 rings (SSSR count). The van der Waals surface area contributed by atoms with Crippen molar-refractivity contribution in [2.45, 2.75) is 62.8 Å². The number of fused-ring (bicyclic) bond motifs is 6. The summed E-state index contributed by atoms with van der Waals surface area (Å²) < 4.78 is 31.5. The fourth-order valence-electron chi connectivity index (χ4n) is 6.64. The van der Waals surface area contributed by atoms with Crippen molar-refractivity contribution < 1.29 is 19.0 Å². The van der Waals surface area contributed by atoms with E-state index in [0.29, 0.717) is 67.5 Å². The van der Waals surface area contributed by atoms with Crippen LogP contribution in [0.15, 0.2) is 55.2 Å². The van der Waals surface area contributed by atoms with Crippen molar-refractivity contribution in [3.63, 3.8) is 0 Å². The second kappa shape index (κ2) is 11.2. The molecule has 0 saturated heterocycles. The van der Waals surface area contributed by atoms with E-state index < -0.39 is 0 Å². The highest BCUT2D eigenvalue weighted by Crippen LogP contribution is 2.36. The number of rotatable bonds is 2. The third kappa shape index (κ3) is 4.97. The van der Waals surface area contributed by atoms with Gasteiger partial charge < -0.3 is 20.2 Å². The molecular weight excluding hydrogens is 706 g/mol. The van der Waals surface area contributed by atoms with Gasteiger partial charge in [-0.1, -0.05) is 0 Å². The first-order valence-electron chi connectivity index (χ1n) is 14.2. The van der Waals surface area contributed by atoms with Crippen molar-refractivity contribution in [1.29, 1.82) is 0 Å². The van der Waals surface area contributed by atoms with E-state index in [9.17, 15) is 28.6 Å². The summed E-state index contributed by atoms with van der Waals surface area (Å²) in [6.07, 6.45) is 6.33. The van der Waals surface area contributed by atoms with Gasteiger partial charge in [-0.3, -0.25) is 19.1 Å². The molecule has 10 nitrogen and oxygen atoms in total. The number of hydrogen-bond donors (Lipinski definition) is 4. The molecule has 0 spiro atoms. The molecule has 0 unspecified atom stereocenters. The number of imidazole rings is 2. The van der Waals surface area contributed by atoms with E-state index in [-0.39, 0.29) is 47.3 Å². The summed E-state index contributed by atoms with van der Waals surface area (Å²) in [6, 6.07) is 5.90. The monoisotopic (exact) mass is 730 g/mol. The Hall–Kier alpha value is -3.46. The zero-order chi connectivity index (χ0) is 30.9. The molecule has 2 fully saturated rings. The SMILES string of the molecule is O=c1[nH]c2cnc3cc(F)c(Br)cc3c2n1[C@@H]1CC[C@H](O)C1.O=c1[nH]c2cnc3cc(F)c(Br)cc3c2n1[C@H]1CC[C@@H](O)C1. The lowest BCUT2D eigenvalue weighted by Crippen LogP contribution is -2.21. The molecule has 228 valence electrons. The van der Waals surface area contributed by atoms with Crippen LogP contribution in [0.5, 0.6) is 0 Å². The Balaban J connectivity index is 0.000000142. The molecule has 4 aromatic heterocycles. The fraction of sp³-hybridized carbons (Fsp3) is 0.333. The number of aliphatic hydroxyl groups is 2. The minimum Gasteiger partial charge on any atom is -0.393 e. The molecule has 44 heavy (non-hydrogen) atoms. The summed E-state index contributed by atoms with van der Waals surface area (Å²) in [6.45, 7) is 0. The number of aliphatic hydroxyl groups excluding tert-OH is 2. The maximum atomic E-state index is 13.7. The first-order chi connectivity index (χ1) is 21.1. The molecule has 2 aliphatic carbocycles. The number of nitrogens with one attached hydrogen (secondary N) is 2. The molecule has 4 N–H and O–H groups in total. The van der Waals surface area contributed by atoms with Gasteiger partial charge in [0.25, 0.3) is 0 Å². The van der Waals surface area contributed by atoms with E-state index in [1.54, 1.807) is 33.7 Å². The molecule has 14 heteroatoms. The number of hydrogen-bond acceptors (Lipinski definition) is 6. The zero-order valence-electron chi connectivity index (χ0n) is 23.0. The Labute approximate surface area is 264 Å². The highest BCUT2D eigenvalue weighted by Gasteiger charge is 2.29. The van der Waals surface area contributed by atoms with Crippen LogP contribution in [0.4, 0.5) is 8.78 Å². The van der Waals surface area contributed by atoms with Gasteiger partial charge >= 0.3 is 11.4 Å². The van der Waals surface area contributed by atoms with Crippen LogP contribution in [-0.2, 0) is 0 Å². The van der Waals surface area contributed by atoms with E-state index in [0.717, 1.165) is 23.9 Å². The summed E-state index contributed by atoms with van der Waals surface area (Å²) in [4.78, 5) is 38.7. The first kappa shape index (κ1) is 29.3. The van der Waals surface area contributed by atoms with Crippen molar-refractivity contribution >= 4 is 75.7 Å². The third-order valence-electron chi connectivity index (χ3n) is 8.65.